The van der Waals surface area contributed by atoms with E-state index in [4.69, 9.17) is 16.3 Å². The van der Waals surface area contributed by atoms with Gasteiger partial charge in [-0.3, -0.25) is 14.9 Å². The van der Waals surface area contributed by atoms with Crippen molar-refractivity contribution in [2.75, 3.05) is 17.2 Å². The fraction of sp³-hybridized carbons (Fsp3) is 0.235. The number of nitrogens with zero attached hydrogens (tertiary/aromatic N) is 1. The van der Waals surface area contributed by atoms with Crippen molar-refractivity contribution < 1.29 is 27.6 Å². The molecule has 0 aromatic heterocycles. The summed E-state index contributed by atoms with van der Waals surface area (Å²) in [7, 11) is 0. The van der Waals surface area contributed by atoms with Crippen LogP contribution in [0.5, 0.6) is 5.75 Å². The number of rotatable bonds is 4. The minimum absolute atomic E-state index is 0.101. The Morgan fingerprint density at radius 1 is 1.32 bits per heavy atom. The molecular formula is C17H13ClF3N3O4. The smallest absolute Gasteiger partial charge is 0.418 e. The average Bonchev–Trinajstić information content (AvgIpc) is 2.59. The van der Waals surface area contributed by atoms with Crippen LogP contribution >= 0.6 is 11.6 Å². The molecular weight excluding hydrogens is 403 g/mol. The molecule has 1 aliphatic rings. The van der Waals surface area contributed by atoms with Crippen LogP contribution < -0.4 is 15.4 Å². The van der Waals surface area contributed by atoms with Crippen LogP contribution in [0.2, 0.25) is 5.02 Å². The molecule has 2 aromatic carbocycles. The van der Waals surface area contributed by atoms with Gasteiger partial charge in [-0.05, 0) is 30.7 Å². The van der Waals surface area contributed by atoms with Gasteiger partial charge in [0.1, 0.15) is 11.4 Å². The van der Waals surface area contributed by atoms with E-state index >= 15 is 0 Å². The van der Waals surface area contributed by atoms with Crippen molar-refractivity contribution in [1.82, 2.24) is 0 Å². The Labute approximate surface area is 161 Å². The van der Waals surface area contributed by atoms with Crippen molar-refractivity contribution in [3.8, 4) is 5.75 Å². The summed E-state index contributed by atoms with van der Waals surface area (Å²) in [6.45, 7) is 1.55. The molecule has 2 N–H and O–H groups in total. The van der Waals surface area contributed by atoms with E-state index in [2.05, 4.69) is 10.6 Å². The first-order chi connectivity index (χ1) is 13.1. The summed E-state index contributed by atoms with van der Waals surface area (Å²) in [5.41, 5.74) is -1.14. The highest BCUT2D eigenvalue weighted by Gasteiger charge is 2.36. The molecule has 0 saturated carbocycles. The van der Waals surface area contributed by atoms with E-state index in [0.717, 1.165) is 6.07 Å². The van der Waals surface area contributed by atoms with E-state index in [1.807, 2.05) is 0 Å². The highest BCUT2D eigenvalue weighted by atomic mass is 35.5. The van der Waals surface area contributed by atoms with E-state index in [1.54, 1.807) is 25.1 Å². The number of nitrogens with one attached hydrogen (secondary N) is 2. The van der Waals surface area contributed by atoms with Gasteiger partial charge in [0.15, 0.2) is 6.61 Å². The Bertz CT molecular complexity index is 965. The van der Waals surface area contributed by atoms with Crippen LogP contribution in [0.15, 0.2) is 30.3 Å². The molecule has 28 heavy (non-hydrogen) atoms. The molecule has 0 aliphatic carbocycles. The molecule has 1 unspecified atom stereocenters. The Hall–Kier alpha value is -3.01. The maximum Gasteiger partial charge on any atom is 0.418 e. The van der Waals surface area contributed by atoms with Crippen molar-refractivity contribution >= 4 is 34.6 Å². The molecule has 0 saturated heterocycles. The lowest BCUT2D eigenvalue weighted by Gasteiger charge is -2.21. The van der Waals surface area contributed by atoms with Crippen LogP contribution in [0.25, 0.3) is 0 Å². The first-order valence-corrected chi connectivity index (χ1v) is 8.32. The lowest BCUT2D eigenvalue weighted by atomic mass is 10.1. The first-order valence-electron chi connectivity index (χ1n) is 7.94. The van der Waals surface area contributed by atoms with E-state index < -0.39 is 33.4 Å². The molecule has 1 heterocycles. The standard InChI is InChI=1S/C17H13ClF3N3O4/c1-8(9-2-3-15-13(4-9)23-16(25)7-28-15)22-12-6-11(18)10(17(19,20)21)5-14(12)24(26)27/h2-6,8,22H,7H2,1H3,(H,23,25). The van der Waals surface area contributed by atoms with Crippen LogP contribution in [0, 0.1) is 10.1 Å². The molecule has 7 nitrogen and oxygen atoms in total. The minimum atomic E-state index is -4.82. The van der Waals surface area contributed by atoms with E-state index in [1.165, 1.54) is 0 Å². The van der Waals surface area contributed by atoms with Gasteiger partial charge in [-0.2, -0.15) is 13.2 Å². The molecule has 1 amide bonds. The fourth-order valence-electron chi connectivity index (χ4n) is 2.73. The second kappa shape index (κ2) is 7.19. The predicted molar refractivity (Wildman–Crippen MR) is 95.7 cm³/mol. The topological polar surface area (TPSA) is 93.5 Å². The zero-order valence-electron chi connectivity index (χ0n) is 14.3. The van der Waals surface area contributed by atoms with Gasteiger partial charge in [-0.15, -0.1) is 0 Å². The normalized spacial score (nSPS) is 14.5. The molecule has 0 bridgehead atoms. The first kappa shape index (κ1) is 19.7. The summed E-state index contributed by atoms with van der Waals surface area (Å²) >= 11 is 5.68. The zero-order valence-corrected chi connectivity index (χ0v) is 15.0. The summed E-state index contributed by atoms with van der Waals surface area (Å²) in [5.74, 6) is 0.148. The number of ether oxygens (including phenoxy) is 1. The van der Waals surface area contributed by atoms with Crippen molar-refractivity contribution in [2.45, 2.75) is 19.1 Å². The molecule has 11 heteroatoms. The number of carbonyl (C=O) groups is 1. The summed E-state index contributed by atoms with van der Waals surface area (Å²) in [6, 6.07) is 5.64. The highest BCUT2D eigenvalue weighted by Crippen LogP contribution is 2.41. The van der Waals surface area contributed by atoms with Gasteiger partial charge >= 0.3 is 6.18 Å². The Morgan fingerprint density at radius 2 is 2.04 bits per heavy atom. The minimum Gasteiger partial charge on any atom is -0.482 e. The van der Waals surface area contributed by atoms with Gasteiger partial charge in [0.05, 0.1) is 21.2 Å². The number of halogens is 4. The monoisotopic (exact) mass is 415 g/mol. The number of anilines is 2. The number of nitro benzene ring substituents is 1. The number of amides is 1. The number of carbonyl (C=O) groups excluding carboxylic acids is 1. The summed E-state index contributed by atoms with van der Waals surface area (Å²) in [5, 5.41) is 16.0. The van der Waals surface area contributed by atoms with E-state index in [-0.39, 0.29) is 18.2 Å². The Morgan fingerprint density at radius 3 is 2.68 bits per heavy atom. The van der Waals surface area contributed by atoms with Crippen molar-refractivity contribution in [3.05, 3.63) is 56.6 Å². The molecule has 2 aromatic rings. The van der Waals surface area contributed by atoms with Gasteiger partial charge in [0.2, 0.25) is 0 Å². The third-order valence-electron chi connectivity index (χ3n) is 4.10. The fourth-order valence-corrected chi connectivity index (χ4v) is 3.00. The van der Waals surface area contributed by atoms with Crippen LogP contribution in [-0.4, -0.2) is 17.4 Å². The molecule has 148 valence electrons. The van der Waals surface area contributed by atoms with Crippen LogP contribution in [-0.2, 0) is 11.0 Å². The Balaban J connectivity index is 1.93. The van der Waals surface area contributed by atoms with Crippen LogP contribution in [0.3, 0.4) is 0 Å². The maximum atomic E-state index is 13.0. The lowest BCUT2D eigenvalue weighted by Crippen LogP contribution is -2.25. The quantitative estimate of drug-likeness (QED) is 0.554. The van der Waals surface area contributed by atoms with Gasteiger partial charge in [0.25, 0.3) is 11.6 Å². The molecule has 3 rings (SSSR count). The summed E-state index contributed by atoms with van der Waals surface area (Å²) < 4.78 is 44.2. The summed E-state index contributed by atoms with van der Waals surface area (Å²) in [6.07, 6.45) is -4.82. The number of fused-ring (bicyclic) bond motifs is 1. The highest BCUT2D eigenvalue weighted by molar-refractivity contribution is 6.31. The van der Waals surface area contributed by atoms with Gasteiger partial charge in [0, 0.05) is 12.1 Å². The van der Waals surface area contributed by atoms with E-state index in [9.17, 15) is 28.1 Å². The third kappa shape index (κ3) is 3.96. The number of hydrogen-bond donors (Lipinski definition) is 2. The maximum absolute atomic E-state index is 13.0. The number of nitro groups is 1. The summed E-state index contributed by atoms with van der Waals surface area (Å²) in [4.78, 5) is 21.8. The zero-order chi connectivity index (χ0) is 20.6. The van der Waals surface area contributed by atoms with Crippen LogP contribution in [0.4, 0.5) is 30.2 Å². The number of alkyl halides is 3. The molecule has 0 spiro atoms. The lowest BCUT2D eigenvalue weighted by molar-refractivity contribution is -0.384. The number of hydrogen-bond acceptors (Lipinski definition) is 5. The average molecular weight is 416 g/mol. The van der Waals surface area contributed by atoms with Gasteiger partial charge in [-0.1, -0.05) is 17.7 Å². The SMILES string of the molecule is CC(Nc1cc(Cl)c(C(F)(F)F)cc1[N+](=O)[O-])c1ccc2c(c1)NC(=O)CO2. The van der Waals surface area contributed by atoms with Crippen molar-refractivity contribution in [1.29, 1.82) is 0 Å². The van der Waals surface area contributed by atoms with Crippen molar-refractivity contribution in [3.63, 3.8) is 0 Å². The largest absolute Gasteiger partial charge is 0.482 e. The van der Waals surface area contributed by atoms with Gasteiger partial charge in [-0.25, -0.2) is 0 Å². The molecule has 0 radical (unpaired) electrons. The van der Waals surface area contributed by atoms with Gasteiger partial charge < -0.3 is 15.4 Å². The second-order valence-corrected chi connectivity index (χ2v) is 6.47. The predicted octanol–water partition coefficient (Wildman–Crippen LogP) is 4.77. The Kier molecular flexibility index (Phi) is 5.07. The number of benzene rings is 2. The van der Waals surface area contributed by atoms with Crippen LogP contribution in [0.1, 0.15) is 24.1 Å². The third-order valence-corrected chi connectivity index (χ3v) is 4.41. The molecule has 1 aliphatic heterocycles. The van der Waals surface area contributed by atoms with Crippen molar-refractivity contribution in [2.24, 2.45) is 0 Å². The second-order valence-electron chi connectivity index (χ2n) is 6.06. The molecule has 1 atom stereocenters. The molecule has 0 fully saturated rings. The van der Waals surface area contributed by atoms with E-state index in [0.29, 0.717) is 23.1 Å².